The van der Waals surface area contributed by atoms with Crippen molar-refractivity contribution < 1.29 is 9.90 Å². The molecule has 8 nitrogen and oxygen atoms in total. The number of unbranched alkanes of at least 4 members (excludes halogenated alkanes) is 1. The molecule has 1 saturated heterocycles. The van der Waals surface area contributed by atoms with Crippen LogP contribution in [0.2, 0.25) is 0 Å². The molecule has 1 aromatic carbocycles. The van der Waals surface area contributed by atoms with Crippen molar-refractivity contribution in [3.05, 3.63) is 41.2 Å². The Morgan fingerprint density at radius 3 is 2.79 bits per heavy atom. The zero-order valence-electron chi connectivity index (χ0n) is 16.2. The minimum atomic E-state index is -0.808. The number of carbonyl (C=O) groups is 1. The first-order valence-electron chi connectivity index (χ1n) is 9.92. The molecule has 2 aromatic rings. The van der Waals surface area contributed by atoms with Gasteiger partial charge in [0.2, 0.25) is 0 Å². The van der Waals surface area contributed by atoms with Gasteiger partial charge < -0.3 is 10.0 Å². The van der Waals surface area contributed by atoms with Crippen molar-refractivity contribution in [1.82, 2.24) is 25.5 Å². The number of aromatic amines is 1. The smallest absolute Gasteiger partial charge is 0.307 e. The number of tetrazole rings is 1. The molecule has 8 heteroatoms. The maximum Gasteiger partial charge on any atom is 0.307 e. The molecule has 1 aliphatic rings. The van der Waals surface area contributed by atoms with Crippen LogP contribution in [0.4, 0.5) is 0 Å². The maximum absolute atomic E-state index is 11.9. The molecule has 0 spiro atoms. The van der Waals surface area contributed by atoms with E-state index in [2.05, 4.69) is 51.8 Å². The quantitative estimate of drug-likeness (QED) is 0.428. The molecule has 0 bridgehead atoms. The summed E-state index contributed by atoms with van der Waals surface area (Å²) in [6.07, 6.45) is 5.44. The van der Waals surface area contributed by atoms with Crippen LogP contribution in [-0.4, -0.2) is 56.0 Å². The van der Waals surface area contributed by atoms with E-state index in [9.17, 15) is 9.90 Å². The number of H-pyrrole nitrogens is 1. The first-order chi connectivity index (χ1) is 13.6. The summed E-state index contributed by atoms with van der Waals surface area (Å²) in [5.41, 5.74) is 2.34. The van der Waals surface area contributed by atoms with Crippen molar-refractivity contribution in [3.8, 4) is 0 Å². The Hall–Kier alpha value is -2.77. The minimum Gasteiger partial charge on any atom is -0.481 e. The fraction of sp³-hybridized carbons (Fsp3) is 0.550. The number of carboxylic acid groups (broad SMARTS) is 1. The van der Waals surface area contributed by atoms with Gasteiger partial charge in [0, 0.05) is 24.9 Å². The molecule has 1 aliphatic heterocycles. The number of nitrogens with zero attached hydrogens (tertiary/aromatic N) is 4. The standard InChI is InChI=1S/C20H28N6O2/c1-2-3-4-17(20(27)28)18(19-22-24-25-23-19)11-14-5-7-15(8-6-14)16-9-10-26(12-16)13-21/h5-8,13,16-18,21H,2-4,9-12H2,1H3,(H,27,28)(H,22,23,24,25)/t16?,17-,18-/m0/s1. The first kappa shape index (κ1) is 20.0. The molecule has 0 amide bonds. The van der Waals surface area contributed by atoms with Crippen LogP contribution in [0.3, 0.4) is 0 Å². The second kappa shape index (κ2) is 9.43. The predicted molar refractivity (Wildman–Crippen MR) is 105 cm³/mol. The molecular weight excluding hydrogens is 356 g/mol. The molecule has 2 heterocycles. The summed E-state index contributed by atoms with van der Waals surface area (Å²) in [5, 5.41) is 31.4. The first-order valence-corrected chi connectivity index (χ1v) is 9.92. The Kier molecular flexibility index (Phi) is 6.73. The van der Waals surface area contributed by atoms with E-state index in [4.69, 9.17) is 5.41 Å². The summed E-state index contributed by atoms with van der Waals surface area (Å²) in [4.78, 5) is 13.9. The number of hydrogen-bond acceptors (Lipinski definition) is 5. The van der Waals surface area contributed by atoms with Crippen LogP contribution in [0, 0.1) is 11.3 Å². The number of likely N-dealkylation sites (tertiary alicyclic amines) is 1. The molecule has 1 fully saturated rings. The van der Waals surface area contributed by atoms with Crippen molar-refractivity contribution in [2.24, 2.45) is 5.92 Å². The highest BCUT2D eigenvalue weighted by molar-refractivity contribution is 5.71. The van der Waals surface area contributed by atoms with E-state index >= 15 is 0 Å². The van der Waals surface area contributed by atoms with E-state index in [0.717, 1.165) is 37.9 Å². The molecule has 0 saturated carbocycles. The Balaban J connectivity index is 1.75. The normalized spacial score (nSPS) is 18.8. The lowest BCUT2D eigenvalue weighted by Crippen LogP contribution is -2.25. The summed E-state index contributed by atoms with van der Waals surface area (Å²) in [6.45, 7) is 3.86. The third-order valence-electron chi connectivity index (χ3n) is 5.67. The van der Waals surface area contributed by atoms with Gasteiger partial charge in [-0.2, -0.15) is 5.21 Å². The Morgan fingerprint density at radius 1 is 1.43 bits per heavy atom. The van der Waals surface area contributed by atoms with Gasteiger partial charge in [0.1, 0.15) is 0 Å². The van der Waals surface area contributed by atoms with Gasteiger partial charge >= 0.3 is 5.97 Å². The fourth-order valence-corrected chi connectivity index (χ4v) is 4.02. The number of carboxylic acids is 1. The Morgan fingerprint density at radius 2 is 2.21 bits per heavy atom. The van der Waals surface area contributed by atoms with E-state index in [-0.39, 0.29) is 5.92 Å². The van der Waals surface area contributed by atoms with Gasteiger partial charge in [0.15, 0.2) is 5.82 Å². The number of benzene rings is 1. The molecule has 1 aromatic heterocycles. The highest BCUT2D eigenvalue weighted by Gasteiger charge is 2.32. The number of nitrogens with one attached hydrogen (secondary N) is 2. The van der Waals surface area contributed by atoms with Crippen LogP contribution in [0.25, 0.3) is 0 Å². The number of aromatic nitrogens is 4. The third kappa shape index (κ3) is 4.74. The zero-order valence-corrected chi connectivity index (χ0v) is 16.2. The number of aliphatic carboxylic acids is 1. The van der Waals surface area contributed by atoms with Crippen molar-refractivity contribution >= 4 is 12.3 Å². The predicted octanol–water partition coefficient (Wildman–Crippen LogP) is 2.81. The van der Waals surface area contributed by atoms with E-state index in [0.29, 0.717) is 24.6 Å². The molecule has 28 heavy (non-hydrogen) atoms. The van der Waals surface area contributed by atoms with Crippen LogP contribution in [-0.2, 0) is 11.2 Å². The van der Waals surface area contributed by atoms with E-state index in [1.807, 2.05) is 4.90 Å². The van der Waals surface area contributed by atoms with Gasteiger partial charge in [-0.25, -0.2) is 0 Å². The van der Waals surface area contributed by atoms with Crippen molar-refractivity contribution in [1.29, 1.82) is 5.41 Å². The monoisotopic (exact) mass is 384 g/mol. The van der Waals surface area contributed by atoms with Crippen LogP contribution in [0.15, 0.2) is 24.3 Å². The molecule has 0 radical (unpaired) electrons. The molecule has 150 valence electrons. The topological polar surface area (TPSA) is 119 Å². The van der Waals surface area contributed by atoms with E-state index in [1.54, 1.807) is 0 Å². The summed E-state index contributed by atoms with van der Waals surface area (Å²) in [5.74, 6) is -0.746. The molecule has 3 rings (SSSR count). The fourth-order valence-electron chi connectivity index (χ4n) is 4.02. The lowest BCUT2D eigenvalue weighted by molar-refractivity contribution is -0.143. The lowest BCUT2D eigenvalue weighted by Gasteiger charge is -2.21. The van der Waals surface area contributed by atoms with Crippen molar-refractivity contribution in [2.75, 3.05) is 13.1 Å². The second-order valence-corrected chi connectivity index (χ2v) is 7.52. The van der Waals surface area contributed by atoms with Crippen molar-refractivity contribution in [2.45, 2.75) is 50.9 Å². The second-order valence-electron chi connectivity index (χ2n) is 7.52. The maximum atomic E-state index is 11.9. The molecular formula is C20H28N6O2. The van der Waals surface area contributed by atoms with Crippen LogP contribution in [0.1, 0.15) is 61.4 Å². The average molecular weight is 384 g/mol. The molecule has 3 N–H and O–H groups in total. The van der Waals surface area contributed by atoms with E-state index in [1.165, 1.54) is 11.9 Å². The Bertz CT molecular complexity index is 762. The summed E-state index contributed by atoms with van der Waals surface area (Å²) < 4.78 is 0. The van der Waals surface area contributed by atoms with Crippen LogP contribution in [0.5, 0.6) is 0 Å². The highest BCUT2D eigenvalue weighted by atomic mass is 16.4. The van der Waals surface area contributed by atoms with Gasteiger partial charge in [-0.05, 0) is 30.4 Å². The van der Waals surface area contributed by atoms with Crippen molar-refractivity contribution in [3.63, 3.8) is 0 Å². The summed E-state index contributed by atoms with van der Waals surface area (Å²) in [7, 11) is 0. The highest BCUT2D eigenvalue weighted by Crippen LogP contribution is 2.31. The largest absolute Gasteiger partial charge is 0.481 e. The van der Waals surface area contributed by atoms with Gasteiger partial charge in [0.25, 0.3) is 0 Å². The van der Waals surface area contributed by atoms with Crippen LogP contribution < -0.4 is 0 Å². The van der Waals surface area contributed by atoms with Gasteiger partial charge in [-0.3, -0.25) is 10.2 Å². The summed E-state index contributed by atoms with van der Waals surface area (Å²) in [6, 6.07) is 8.41. The Labute approximate surface area is 164 Å². The SMILES string of the molecule is CCCC[C@H](C(=O)O)[C@H](Cc1ccc(C2CCN(C=N)C2)cc1)c1nn[nH]n1. The zero-order chi connectivity index (χ0) is 19.9. The average Bonchev–Trinajstić information content (AvgIpc) is 3.39. The minimum absolute atomic E-state index is 0.312. The van der Waals surface area contributed by atoms with Gasteiger partial charge in [-0.1, -0.05) is 49.2 Å². The third-order valence-corrected chi connectivity index (χ3v) is 5.67. The number of hydrogen-bond donors (Lipinski definition) is 3. The number of rotatable bonds is 10. The molecule has 3 atom stereocenters. The van der Waals surface area contributed by atoms with Gasteiger partial charge in [0.05, 0.1) is 12.3 Å². The molecule has 1 unspecified atom stereocenters. The van der Waals surface area contributed by atoms with E-state index < -0.39 is 11.9 Å². The van der Waals surface area contributed by atoms with Gasteiger partial charge in [-0.15, -0.1) is 10.2 Å². The molecule has 0 aliphatic carbocycles. The summed E-state index contributed by atoms with van der Waals surface area (Å²) >= 11 is 0. The lowest BCUT2D eigenvalue weighted by atomic mass is 9.82. The van der Waals surface area contributed by atoms with Crippen LogP contribution >= 0.6 is 0 Å².